The molecule has 206 valence electrons. The van der Waals surface area contributed by atoms with Crippen LogP contribution in [-0.2, 0) is 14.9 Å². The first-order valence-corrected chi connectivity index (χ1v) is 13.0. The summed E-state index contributed by atoms with van der Waals surface area (Å²) in [5.41, 5.74) is -8.25. The molecule has 38 heavy (non-hydrogen) atoms. The third kappa shape index (κ3) is 5.35. The van der Waals surface area contributed by atoms with Crippen molar-refractivity contribution in [2.45, 2.75) is 63.2 Å². The molecule has 1 aromatic heterocycles. The van der Waals surface area contributed by atoms with Crippen LogP contribution >= 0.6 is 0 Å². The number of alkyl halides is 3. The number of alkyl carbamates (subject to hydrolysis) is 1. The summed E-state index contributed by atoms with van der Waals surface area (Å²) < 4.78 is 88.4. The monoisotopic (exact) mass is 560 g/mol. The van der Waals surface area contributed by atoms with Crippen molar-refractivity contribution in [2.24, 2.45) is 0 Å². The molecule has 0 bridgehead atoms. The highest BCUT2D eigenvalue weighted by Gasteiger charge is 2.49. The number of hydrogen-bond donors (Lipinski definition) is 1. The van der Waals surface area contributed by atoms with Crippen molar-refractivity contribution in [3.63, 3.8) is 0 Å². The average molecular weight is 561 g/mol. The molecule has 0 radical (unpaired) electrons. The molecule has 1 saturated heterocycles. The number of benzene rings is 1. The lowest BCUT2D eigenvalue weighted by molar-refractivity contribution is -0.0499. The lowest BCUT2D eigenvalue weighted by Gasteiger charge is -2.24. The maximum Gasteiger partial charge on any atom is 0.534 e. The summed E-state index contributed by atoms with van der Waals surface area (Å²) in [5.74, 6) is -2.07. The fourth-order valence-electron chi connectivity index (χ4n) is 4.34. The van der Waals surface area contributed by atoms with Gasteiger partial charge in [-0.3, -0.25) is 4.79 Å². The summed E-state index contributed by atoms with van der Waals surface area (Å²) in [6, 6.07) is 2.26. The standard InChI is InChI=1S/C23H24F4N4O6S/c1-22(2,3)36-21(33)29-12-6-7-30(11-12)20-15(10-28)19-14(8-16(20)24)17(37-38(34,35)23(25,26)27)9-18(32)31(19)13-4-5-13/h8-9,12-13H,4-7,11H2,1-3H3,(H,29,33)/t12-/m0/s1. The van der Waals surface area contributed by atoms with Gasteiger partial charge in [0.25, 0.3) is 5.56 Å². The third-order valence-corrected chi connectivity index (χ3v) is 6.92. The summed E-state index contributed by atoms with van der Waals surface area (Å²) in [6.07, 6.45) is 0.738. The first-order chi connectivity index (χ1) is 17.5. The van der Waals surface area contributed by atoms with Gasteiger partial charge in [0.1, 0.15) is 23.1 Å². The Kier molecular flexibility index (Phi) is 6.75. The van der Waals surface area contributed by atoms with Crippen LogP contribution in [0.25, 0.3) is 10.9 Å². The molecule has 1 N–H and O–H groups in total. The van der Waals surface area contributed by atoms with E-state index in [1.165, 1.54) is 4.90 Å². The highest BCUT2D eigenvalue weighted by Crippen LogP contribution is 2.42. The van der Waals surface area contributed by atoms with E-state index in [9.17, 15) is 36.4 Å². The number of hydrogen-bond acceptors (Lipinski definition) is 8. The Morgan fingerprint density at radius 3 is 2.39 bits per heavy atom. The Bertz CT molecular complexity index is 1500. The molecule has 2 heterocycles. The molecule has 0 spiro atoms. The van der Waals surface area contributed by atoms with Crippen LogP contribution in [0.5, 0.6) is 5.75 Å². The minimum Gasteiger partial charge on any atom is -0.444 e. The predicted molar refractivity (Wildman–Crippen MR) is 127 cm³/mol. The van der Waals surface area contributed by atoms with E-state index in [0.717, 1.165) is 10.6 Å². The van der Waals surface area contributed by atoms with Gasteiger partial charge < -0.3 is 23.7 Å². The predicted octanol–water partition coefficient (Wildman–Crippen LogP) is 3.68. The fraction of sp³-hybridized carbons (Fsp3) is 0.522. The van der Waals surface area contributed by atoms with Crippen LogP contribution in [0.3, 0.4) is 0 Å². The van der Waals surface area contributed by atoms with Crippen LogP contribution in [0, 0.1) is 17.1 Å². The molecular weight excluding hydrogens is 536 g/mol. The van der Waals surface area contributed by atoms with E-state index in [-0.39, 0.29) is 29.9 Å². The van der Waals surface area contributed by atoms with Crippen molar-refractivity contribution < 1.29 is 39.7 Å². The Morgan fingerprint density at radius 2 is 1.84 bits per heavy atom. The number of ether oxygens (including phenoxy) is 1. The normalized spacial score (nSPS) is 18.4. The number of carbonyl (C=O) groups is 1. The molecule has 2 aromatic rings. The van der Waals surface area contributed by atoms with Crippen molar-refractivity contribution >= 4 is 32.8 Å². The highest BCUT2D eigenvalue weighted by atomic mass is 32.2. The molecule has 1 aromatic carbocycles. The van der Waals surface area contributed by atoms with Crippen molar-refractivity contribution in [1.29, 1.82) is 5.26 Å². The van der Waals surface area contributed by atoms with Gasteiger partial charge in [0, 0.05) is 30.6 Å². The molecule has 1 saturated carbocycles. The Morgan fingerprint density at radius 1 is 1.18 bits per heavy atom. The van der Waals surface area contributed by atoms with E-state index in [0.29, 0.717) is 25.3 Å². The van der Waals surface area contributed by atoms with Gasteiger partial charge in [-0.1, -0.05) is 0 Å². The topological polar surface area (TPSA) is 131 Å². The largest absolute Gasteiger partial charge is 0.534 e. The van der Waals surface area contributed by atoms with Crippen molar-refractivity contribution in [1.82, 2.24) is 9.88 Å². The minimum absolute atomic E-state index is 0.0721. The molecular formula is C23H24F4N4O6S. The van der Waals surface area contributed by atoms with Crippen LogP contribution in [0.15, 0.2) is 16.9 Å². The van der Waals surface area contributed by atoms with Gasteiger partial charge in [0.15, 0.2) is 5.75 Å². The van der Waals surface area contributed by atoms with Gasteiger partial charge in [-0.2, -0.15) is 26.9 Å². The van der Waals surface area contributed by atoms with Crippen LogP contribution in [0.4, 0.5) is 28.0 Å². The molecule has 2 fully saturated rings. The molecule has 0 unspecified atom stereocenters. The zero-order chi connectivity index (χ0) is 28.2. The lowest BCUT2D eigenvalue weighted by atomic mass is 10.0. The number of anilines is 1. The van der Waals surface area contributed by atoms with Crippen LogP contribution in [-0.4, -0.2) is 49.3 Å². The summed E-state index contributed by atoms with van der Waals surface area (Å²) >= 11 is 0. The second-order valence-electron chi connectivity index (χ2n) is 10.1. The maximum atomic E-state index is 15.5. The number of nitrogens with zero attached hydrogens (tertiary/aromatic N) is 3. The second-order valence-corrected chi connectivity index (χ2v) is 11.6. The smallest absolute Gasteiger partial charge is 0.444 e. The first kappa shape index (κ1) is 27.5. The molecule has 1 atom stereocenters. The van der Waals surface area contributed by atoms with Crippen LogP contribution in [0.2, 0.25) is 0 Å². The van der Waals surface area contributed by atoms with Gasteiger partial charge in [-0.25, -0.2) is 9.18 Å². The SMILES string of the molecule is CC(C)(C)OC(=O)N[C@H]1CCN(c2c(F)cc3c(OS(=O)(=O)C(F)(F)F)cc(=O)n(C4CC4)c3c2C#N)C1. The zero-order valence-corrected chi connectivity index (χ0v) is 21.4. The number of aromatic nitrogens is 1. The molecule has 1 aliphatic heterocycles. The molecule has 1 amide bonds. The van der Waals surface area contributed by atoms with Gasteiger partial charge in [0.05, 0.1) is 17.2 Å². The van der Waals surface area contributed by atoms with E-state index in [2.05, 4.69) is 9.50 Å². The summed E-state index contributed by atoms with van der Waals surface area (Å²) in [4.78, 5) is 26.5. The molecule has 1 aliphatic carbocycles. The number of nitrogens with one attached hydrogen (secondary N) is 1. The summed E-state index contributed by atoms with van der Waals surface area (Å²) in [7, 11) is -6.18. The summed E-state index contributed by atoms with van der Waals surface area (Å²) in [5, 5.41) is 12.2. The van der Waals surface area contributed by atoms with Gasteiger partial charge in [0.2, 0.25) is 0 Å². The van der Waals surface area contributed by atoms with Crippen LogP contribution < -0.4 is 20.0 Å². The van der Waals surface area contributed by atoms with Crippen molar-refractivity contribution in [3.05, 3.63) is 33.9 Å². The Balaban J connectivity index is 1.80. The van der Waals surface area contributed by atoms with E-state index >= 15 is 4.39 Å². The number of amides is 1. The highest BCUT2D eigenvalue weighted by molar-refractivity contribution is 7.88. The van der Waals surface area contributed by atoms with E-state index < -0.39 is 61.9 Å². The average Bonchev–Trinajstić information content (AvgIpc) is 3.49. The number of fused-ring (bicyclic) bond motifs is 1. The van der Waals surface area contributed by atoms with Gasteiger partial charge in [-0.05, 0) is 46.1 Å². The maximum absolute atomic E-state index is 15.5. The number of halogens is 4. The van der Waals surface area contributed by atoms with Gasteiger partial charge in [-0.15, -0.1) is 0 Å². The fourth-order valence-corrected chi connectivity index (χ4v) is 4.81. The number of pyridine rings is 1. The van der Waals surface area contributed by atoms with Crippen LogP contribution in [0.1, 0.15) is 51.6 Å². The number of nitriles is 1. The molecule has 10 nitrogen and oxygen atoms in total. The number of carbonyl (C=O) groups excluding carboxylic acids is 1. The van der Waals surface area contributed by atoms with E-state index in [1.54, 1.807) is 20.8 Å². The zero-order valence-electron chi connectivity index (χ0n) is 20.6. The third-order valence-electron chi connectivity index (χ3n) is 5.96. The first-order valence-electron chi connectivity index (χ1n) is 11.6. The van der Waals surface area contributed by atoms with Crippen molar-refractivity contribution in [3.8, 4) is 11.8 Å². The Hall–Kier alpha value is -3.54. The van der Waals surface area contributed by atoms with Gasteiger partial charge >= 0.3 is 21.7 Å². The van der Waals surface area contributed by atoms with E-state index in [4.69, 9.17) is 4.74 Å². The summed E-state index contributed by atoms with van der Waals surface area (Å²) in [6.45, 7) is 5.34. The van der Waals surface area contributed by atoms with E-state index in [1.807, 2.05) is 6.07 Å². The minimum atomic E-state index is -6.18. The quantitative estimate of drug-likeness (QED) is 0.333. The lowest BCUT2D eigenvalue weighted by Crippen LogP contribution is -2.40. The molecule has 2 aliphatic rings. The molecule has 15 heteroatoms. The number of rotatable bonds is 5. The Labute approximate surface area is 214 Å². The second kappa shape index (κ2) is 9.33. The van der Waals surface area contributed by atoms with Crippen molar-refractivity contribution in [2.75, 3.05) is 18.0 Å². The molecule has 4 rings (SSSR count).